The van der Waals surface area contributed by atoms with Gasteiger partial charge in [-0.2, -0.15) is 0 Å². The van der Waals surface area contributed by atoms with Crippen LogP contribution in [0.25, 0.3) is 0 Å². The van der Waals surface area contributed by atoms with Crippen LogP contribution >= 0.6 is 12.2 Å². The van der Waals surface area contributed by atoms with E-state index in [9.17, 15) is 0 Å². The average molecular weight is 336 g/mol. The van der Waals surface area contributed by atoms with Gasteiger partial charge < -0.3 is 15.4 Å². The zero-order chi connectivity index (χ0) is 16.7. The fourth-order valence-corrected chi connectivity index (χ4v) is 2.99. The van der Waals surface area contributed by atoms with Crippen molar-refractivity contribution >= 4 is 23.0 Å². The molecule has 2 rings (SSSR count). The number of hydrogen-bond acceptors (Lipinski definition) is 3. The number of thiocarbonyl (C=S) groups is 1. The Morgan fingerprint density at radius 1 is 1.35 bits per heavy atom. The van der Waals surface area contributed by atoms with Crippen LogP contribution in [0.2, 0.25) is 0 Å². The van der Waals surface area contributed by atoms with E-state index in [4.69, 9.17) is 17.0 Å². The molecule has 1 heterocycles. The summed E-state index contributed by atoms with van der Waals surface area (Å²) in [5.41, 5.74) is 2.35. The maximum Gasteiger partial charge on any atom is 0.170 e. The Kier molecular flexibility index (Phi) is 7.27. The van der Waals surface area contributed by atoms with Gasteiger partial charge in [-0.25, -0.2) is 0 Å². The molecule has 0 aliphatic carbocycles. The van der Waals surface area contributed by atoms with Gasteiger partial charge in [-0.15, -0.1) is 0 Å². The predicted molar refractivity (Wildman–Crippen MR) is 101 cm³/mol. The molecule has 23 heavy (non-hydrogen) atoms. The molecule has 0 spiro atoms. The molecule has 0 bridgehead atoms. The number of anilines is 1. The first kappa shape index (κ1) is 18.2. The van der Waals surface area contributed by atoms with Crippen LogP contribution in [-0.4, -0.2) is 48.9 Å². The summed E-state index contributed by atoms with van der Waals surface area (Å²) in [5.74, 6) is 0.690. The zero-order valence-corrected chi connectivity index (χ0v) is 15.3. The van der Waals surface area contributed by atoms with Crippen molar-refractivity contribution in [3.05, 3.63) is 29.8 Å². The van der Waals surface area contributed by atoms with Crippen molar-refractivity contribution in [2.45, 2.75) is 33.3 Å². The van der Waals surface area contributed by atoms with Crippen LogP contribution in [0.3, 0.4) is 0 Å². The molecule has 1 aromatic carbocycles. The summed E-state index contributed by atoms with van der Waals surface area (Å²) in [4.78, 5) is 2.47. The number of rotatable bonds is 6. The number of aryl methyl sites for hydroxylation is 1. The number of hydrogen-bond donors (Lipinski definition) is 2. The lowest BCUT2D eigenvalue weighted by atomic mass is 10.1. The first-order valence-corrected chi connectivity index (χ1v) is 8.95. The van der Waals surface area contributed by atoms with E-state index in [2.05, 4.69) is 60.6 Å². The monoisotopic (exact) mass is 335 g/mol. The molecule has 0 radical (unpaired) electrons. The lowest BCUT2D eigenvalue weighted by Crippen LogP contribution is -2.48. The summed E-state index contributed by atoms with van der Waals surface area (Å²) >= 11 is 5.37. The van der Waals surface area contributed by atoms with E-state index in [0.29, 0.717) is 11.0 Å². The third-order valence-electron chi connectivity index (χ3n) is 3.96. The largest absolute Gasteiger partial charge is 0.374 e. The Bertz CT molecular complexity index is 490. The zero-order valence-electron chi connectivity index (χ0n) is 14.5. The van der Waals surface area contributed by atoms with Gasteiger partial charge in [-0.1, -0.05) is 32.9 Å². The van der Waals surface area contributed by atoms with Gasteiger partial charge in [0.15, 0.2) is 5.11 Å². The van der Waals surface area contributed by atoms with Gasteiger partial charge in [-0.05, 0) is 42.3 Å². The molecule has 4 nitrogen and oxygen atoms in total. The van der Waals surface area contributed by atoms with E-state index in [1.807, 2.05) is 0 Å². The Morgan fingerprint density at radius 3 is 2.74 bits per heavy atom. The number of morpholine rings is 1. The SMILES string of the molecule is CCc1ccc(NC(=S)NC[C@@H]2CN(CC(C)C)CCO2)cc1. The quantitative estimate of drug-likeness (QED) is 0.782. The molecule has 128 valence electrons. The number of benzene rings is 1. The minimum Gasteiger partial charge on any atom is -0.374 e. The summed E-state index contributed by atoms with van der Waals surface area (Å²) in [6.07, 6.45) is 1.25. The van der Waals surface area contributed by atoms with Crippen molar-refractivity contribution in [3.63, 3.8) is 0 Å². The van der Waals surface area contributed by atoms with E-state index in [-0.39, 0.29) is 6.10 Å². The Morgan fingerprint density at radius 2 is 2.09 bits per heavy atom. The second kappa shape index (κ2) is 9.21. The van der Waals surface area contributed by atoms with E-state index in [1.54, 1.807) is 0 Å². The highest BCUT2D eigenvalue weighted by molar-refractivity contribution is 7.80. The maximum atomic E-state index is 5.83. The van der Waals surface area contributed by atoms with Crippen LogP contribution in [0.15, 0.2) is 24.3 Å². The van der Waals surface area contributed by atoms with Gasteiger partial charge in [0, 0.05) is 31.9 Å². The molecular weight excluding hydrogens is 306 g/mol. The van der Waals surface area contributed by atoms with Crippen LogP contribution in [0.5, 0.6) is 0 Å². The van der Waals surface area contributed by atoms with Crippen LogP contribution in [0.1, 0.15) is 26.3 Å². The normalized spacial score (nSPS) is 18.9. The second-order valence-electron chi connectivity index (χ2n) is 6.53. The fraction of sp³-hybridized carbons (Fsp3) is 0.611. The van der Waals surface area contributed by atoms with Crippen molar-refractivity contribution in [2.75, 3.05) is 38.1 Å². The Labute approximate surface area is 145 Å². The van der Waals surface area contributed by atoms with Crippen LogP contribution < -0.4 is 10.6 Å². The van der Waals surface area contributed by atoms with Gasteiger partial charge in [0.25, 0.3) is 0 Å². The van der Waals surface area contributed by atoms with Crippen molar-refractivity contribution in [2.24, 2.45) is 5.92 Å². The highest BCUT2D eigenvalue weighted by Gasteiger charge is 2.20. The highest BCUT2D eigenvalue weighted by atomic mass is 32.1. The molecule has 0 amide bonds. The molecule has 0 aromatic heterocycles. The Balaban J connectivity index is 1.72. The first-order valence-electron chi connectivity index (χ1n) is 8.54. The standard InChI is InChI=1S/C18H29N3OS/c1-4-15-5-7-16(8-6-15)20-18(23)19-11-17-13-21(9-10-22-17)12-14(2)3/h5-8,14,17H,4,9-13H2,1-3H3,(H2,19,20,23)/t17-/m1/s1. The third kappa shape index (κ3) is 6.45. The fourth-order valence-electron chi connectivity index (χ4n) is 2.79. The van der Waals surface area contributed by atoms with E-state index < -0.39 is 0 Å². The summed E-state index contributed by atoms with van der Waals surface area (Å²) in [7, 11) is 0. The first-order chi connectivity index (χ1) is 11.1. The number of ether oxygens (including phenoxy) is 1. The topological polar surface area (TPSA) is 36.5 Å². The van der Waals surface area contributed by atoms with E-state index in [0.717, 1.165) is 44.9 Å². The van der Waals surface area contributed by atoms with Gasteiger partial charge in [0.05, 0.1) is 12.7 Å². The molecule has 1 saturated heterocycles. The second-order valence-corrected chi connectivity index (χ2v) is 6.94. The van der Waals surface area contributed by atoms with Crippen molar-refractivity contribution in [3.8, 4) is 0 Å². The van der Waals surface area contributed by atoms with Crippen LogP contribution in [0, 0.1) is 5.92 Å². The van der Waals surface area contributed by atoms with Crippen LogP contribution in [0.4, 0.5) is 5.69 Å². The lowest BCUT2D eigenvalue weighted by Gasteiger charge is -2.34. The molecule has 0 unspecified atom stereocenters. The molecule has 1 fully saturated rings. The molecule has 2 N–H and O–H groups in total. The van der Waals surface area contributed by atoms with E-state index >= 15 is 0 Å². The molecule has 0 saturated carbocycles. The molecular formula is C18H29N3OS. The molecule has 1 aromatic rings. The summed E-state index contributed by atoms with van der Waals surface area (Å²) in [6, 6.07) is 8.38. The van der Waals surface area contributed by atoms with Crippen molar-refractivity contribution in [1.29, 1.82) is 0 Å². The summed E-state index contributed by atoms with van der Waals surface area (Å²) in [5, 5.41) is 7.15. The smallest absolute Gasteiger partial charge is 0.170 e. The lowest BCUT2D eigenvalue weighted by molar-refractivity contribution is -0.0283. The van der Waals surface area contributed by atoms with Gasteiger partial charge in [-0.3, -0.25) is 4.90 Å². The van der Waals surface area contributed by atoms with Gasteiger partial charge in [0.2, 0.25) is 0 Å². The number of nitrogens with zero attached hydrogens (tertiary/aromatic N) is 1. The summed E-state index contributed by atoms with van der Waals surface area (Å²) < 4.78 is 5.83. The number of nitrogens with one attached hydrogen (secondary N) is 2. The van der Waals surface area contributed by atoms with Gasteiger partial charge >= 0.3 is 0 Å². The van der Waals surface area contributed by atoms with Crippen molar-refractivity contribution in [1.82, 2.24) is 10.2 Å². The minimum absolute atomic E-state index is 0.199. The highest BCUT2D eigenvalue weighted by Crippen LogP contribution is 2.10. The van der Waals surface area contributed by atoms with Crippen molar-refractivity contribution < 1.29 is 4.74 Å². The Hall–Kier alpha value is -1.17. The molecule has 5 heteroatoms. The average Bonchev–Trinajstić information content (AvgIpc) is 2.53. The minimum atomic E-state index is 0.199. The summed E-state index contributed by atoms with van der Waals surface area (Å²) in [6.45, 7) is 11.3. The third-order valence-corrected chi connectivity index (χ3v) is 4.20. The predicted octanol–water partition coefficient (Wildman–Crippen LogP) is 2.89. The molecule has 1 aliphatic heterocycles. The molecule has 1 atom stereocenters. The maximum absolute atomic E-state index is 5.83. The van der Waals surface area contributed by atoms with E-state index in [1.165, 1.54) is 5.56 Å². The molecule has 1 aliphatic rings. The van der Waals surface area contributed by atoms with Gasteiger partial charge in [0.1, 0.15) is 0 Å². The van der Waals surface area contributed by atoms with Crippen LogP contribution in [-0.2, 0) is 11.2 Å².